The largest absolute Gasteiger partial charge is 0.350 e. The number of imidazole rings is 1. The molecular formula is C42H35Cl2N9. The van der Waals surface area contributed by atoms with Gasteiger partial charge in [-0.05, 0) is 73.4 Å². The van der Waals surface area contributed by atoms with Crippen LogP contribution in [0.15, 0.2) is 140 Å². The van der Waals surface area contributed by atoms with Crippen LogP contribution in [0.1, 0.15) is 35.6 Å². The molecule has 5 aromatic carbocycles. The first-order chi connectivity index (χ1) is 26.0. The number of hydrogen-bond donors (Lipinski definition) is 0. The van der Waals surface area contributed by atoms with E-state index < -0.39 is 5.54 Å². The first-order valence-electron chi connectivity index (χ1n) is 17.4. The molecule has 0 aliphatic carbocycles. The van der Waals surface area contributed by atoms with Gasteiger partial charge in [0.25, 0.3) is 0 Å². The highest BCUT2D eigenvalue weighted by atomic mass is 35.5. The number of fused-ring (bicyclic) bond motifs is 1. The molecule has 0 spiro atoms. The van der Waals surface area contributed by atoms with Crippen molar-refractivity contribution in [2.75, 3.05) is 11.4 Å². The standard InChI is InChI=1S/C42H35Cl2N9/c1-3-27-52(39-36-37(45-40(43)47-39)46-41(44)51(36)2)28-29-23-25-30(26-24-29)34-21-13-14-22-35(34)38-48-49-50-53(38)42(31-15-7-4-8-16-31,32-17-9-5-10-18-32)33-19-11-6-12-20-33/h4-26H,3,27-28H2,1-2H3. The van der Waals surface area contributed by atoms with Gasteiger partial charge in [0.2, 0.25) is 10.6 Å². The lowest BCUT2D eigenvalue weighted by molar-refractivity contribution is 0.451. The van der Waals surface area contributed by atoms with Crippen molar-refractivity contribution in [2.24, 2.45) is 7.05 Å². The fraction of sp³-hybridized carbons (Fsp3) is 0.143. The molecule has 53 heavy (non-hydrogen) atoms. The normalized spacial score (nSPS) is 11.6. The van der Waals surface area contributed by atoms with Gasteiger partial charge in [-0.1, -0.05) is 146 Å². The lowest BCUT2D eigenvalue weighted by Gasteiger charge is -2.36. The maximum atomic E-state index is 6.38. The number of nitrogens with zero attached hydrogens (tertiary/aromatic N) is 9. The van der Waals surface area contributed by atoms with Gasteiger partial charge in [0.15, 0.2) is 17.3 Å². The van der Waals surface area contributed by atoms with Crippen LogP contribution in [-0.2, 0) is 19.1 Å². The summed E-state index contributed by atoms with van der Waals surface area (Å²) in [5, 5.41) is 14.3. The van der Waals surface area contributed by atoms with Crippen LogP contribution in [-0.4, -0.2) is 46.3 Å². The summed E-state index contributed by atoms with van der Waals surface area (Å²) in [5.74, 6) is 1.35. The number of anilines is 1. The zero-order valence-electron chi connectivity index (χ0n) is 29.2. The van der Waals surface area contributed by atoms with Crippen LogP contribution < -0.4 is 4.90 Å². The molecule has 0 unspecified atom stereocenters. The van der Waals surface area contributed by atoms with E-state index in [9.17, 15) is 0 Å². The molecule has 3 heterocycles. The Hall–Kier alpha value is -5.90. The summed E-state index contributed by atoms with van der Waals surface area (Å²) in [7, 11) is 1.86. The minimum absolute atomic E-state index is 0.133. The monoisotopic (exact) mass is 735 g/mol. The van der Waals surface area contributed by atoms with Crippen LogP contribution in [0.4, 0.5) is 5.82 Å². The van der Waals surface area contributed by atoms with E-state index in [0.29, 0.717) is 29.1 Å². The summed E-state index contributed by atoms with van der Waals surface area (Å²) in [6.45, 7) is 3.50. The number of halogens is 2. The van der Waals surface area contributed by atoms with Crippen LogP contribution in [0.3, 0.4) is 0 Å². The summed E-state index contributed by atoms with van der Waals surface area (Å²) >= 11 is 12.7. The van der Waals surface area contributed by atoms with Crippen LogP contribution in [0, 0.1) is 0 Å². The van der Waals surface area contributed by atoms with Gasteiger partial charge in [0.05, 0.1) is 0 Å². The summed E-state index contributed by atoms with van der Waals surface area (Å²) in [6.07, 6.45) is 0.908. The molecule has 0 radical (unpaired) electrons. The highest BCUT2D eigenvalue weighted by molar-refractivity contribution is 6.30. The van der Waals surface area contributed by atoms with Gasteiger partial charge in [-0.3, -0.25) is 0 Å². The summed E-state index contributed by atoms with van der Waals surface area (Å²) in [6, 6.07) is 48.2. The molecule has 262 valence electrons. The molecule has 0 saturated heterocycles. The number of rotatable bonds is 11. The first-order valence-corrected chi connectivity index (χ1v) is 18.2. The minimum atomic E-state index is -0.865. The van der Waals surface area contributed by atoms with Crippen LogP contribution >= 0.6 is 23.2 Å². The fourth-order valence-electron chi connectivity index (χ4n) is 7.21. The van der Waals surface area contributed by atoms with E-state index in [4.69, 9.17) is 33.5 Å². The average molecular weight is 737 g/mol. The molecule has 8 rings (SSSR count). The number of aryl methyl sites for hydroxylation is 1. The van der Waals surface area contributed by atoms with Crippen molar-refractivity contribution >= 4 is 40.2 Å². The molecular weight excluding hydrogens is 701 g/mol. The smallest absolute Gasteiger partial charge is 0.226 e. The number of hydrogen-bond acceptors (Lipinski definition) is 7. The third kappa shape index (κ3) is 6.22. The van der Waals surface area contributed by atoms with Gasteiger partial charge < -0.3 is 9.47 Å². The Kier molecular flexibility index (Phi) is 9.43. The minimum Gasteiger partial charge on any atom is -0.350 e. The van der Waals surface area contributed by atoms with Gasteiger partial charge in [-0.2, -0.15) is 15.0 Å². The van der Waals surface area contributed by atoms with Crippen molar-refractivity contribution in [3.8, 4) is 22.5 Å². The highest BCUT2D eigenvalue weighted by Crippen LogP contribution is 2.43. The second-order valence-electron chi connectivity index (χ2n) is 12.8. The molecule has 11 heteroatoms. The van der Waals surface area contributed by atoms with Crippen molar-refractivity contribution in [2.45, 2.75) is 25.4 Å². The molecule has 0 saturated carbocycles. The van der Waals surface area contributed by atoms with Gasteiger partial charge >= 0.3 is 0 Å². The number of aromatic nitrogens is 8. The van der Waals surface area contributed by atoms with E-state index in [2.05, 4.69) is 141 Å². The molecule has 9 nitrogen and oxygen atoms in total. The first kappa shape index (κ1) is 34.2. The lowest BCUT2D eigenvalue weighted by Crippen LogP contribution is -2.39. The van der Waals surface area contributed by atoms with E-state index in [0.717, 1.165) is 57.4 Å². The molecule has 0 amide bonds. The predicted molar refractivity (Wildman–Crippen MR) is 211 cm³/mol. The molecule has 0 fully saturated rings. The maximum Gasteiger partial charge on any atom is 0.226 e. The fourth-order valence-corrected chi connectivity index (χ4v) is 7.54. The third-order valence-electron chi connectivity index (χ3n) is 9.59. The van der Waals surface area contributed by atoms with Gasteiger partial charge in [-0.15, -0.1) is 5.10 Å². The van der Waals surface area contributed by atoms with Crippen molar-refractivity contribution in [3.05, 3.63) is 172 Å². The Morgan fingerprint density at radius 2 is 1.23 bits per heavy atom. The van der Waals surface area contributed by atoms with Crippen molar-refractivity contribution < 1.29 is 0 Å². The van der Waals surface area contributed by atoms with Crippen molar-refractivity contribution in [3.63, 3.8) is 0 Å². The quantitative estimate of drug-likeness (QED) is 0.0743. The summed E-state index contributed by atoms with van der Waals surface area (Å²) in [5.41, 5.74) is 7.55. The zero-order chi connectivity index (χ0) is 36.4. The van der Waals surface area contributed by atoms with Gasteiger partial charge in [0, 0.05) is 25.7 Å². The van der Waals surface area contributed by atoms with Crippen molar-refractivity contribution in [1.29, 1.82) is 0 Å². The second-order valence-corrected chi connectivity index (χ2v) is 13.5. The van der Waals surface area contributed by atoms with E-state index in [1.54, 1.807) is 4.57 Å². The van der Waals surface area contributed by atoms with E-state index in [1.807, 2.05) is 42.1 Å². The van der Waals surface area contributed by atoms with Gasteiger partial charge in [0.1, 0.15) is 11.1 Å². The SMILES string of the molecule is CCCN(Cc1ccc(-c2ccccc2-c2nnnn2C(c2ccccc2)(c2ccccc2)c2ccccc2)cc1)c1nc(Cl)nc2nc(Cl)n(C)c12. The Morgan fingerprint density at radius 3 is 1.81 bits per heavy atom. The molecule has 3 aromatic heterocycles. The van der Waals surface area contributed by atoms with E-state index >= 15 is 0 Å². The summed E-state index contributed by atoms with van der Waals surface area (Å²) in [4.78, 5) is 15.5. The Balaban J connectivity index is 1.21. The zero-order valence-corrected chi connectivity index (χ0v) is 30.7. The van der Waals surface area contributed by atoms with Crippen LogP contribution in [0.5, 0.6) is 0 Å². The predicted octanol–water partition coefficient (Wildman–Crippen LogP) is 9.25. The second kappa shape index (κ2) is 14.6. The highest BCUT2D eigenvalue weighted by Gasteiger charge is 2.42. The molecule has 0 aliphatic heterocycles. The van der Waals surface area contributed by atoms with Gasteiger partial charge in [-0.25, -0.2) is 4.68 Å². The molecule has 8 aromatic rings. The molecule has 0 atom stereocenters. The number of benzene rings is 5. The lowest BCUT2D eigenvalue weighted by atomic mass is 9.77. The Labute approximate surface area is 317 Å². The van der Waals surface area contributed by atoms with E-state index in [1.165, 1.54) is 0 Å². The average Bonchev–Trinajstić information content (AvgIpc) is 3.80. The van der Waals surface area contributed by atoms with Crippen LogP contribution in [0.2, 0.25) is 10.6 Å². The number of tetrazole rings is 1. The third-order valence-corrected chi connectivity index (χ3v) is 10.1. The maximum absolute atomic E-state index is 6.38. The molecule has 0 bridgehead atoms. The van der Waals surface area contributed by atoms with Crippen molar-refractivity contribution in [1.82, 2.24) is 39.7 Å². The molecule has 0 aliphatic rings. The topological polar surface area (TPSA) is 90.4 Å². The molecule has 0 N–H and O–H groups in total. The van der Waals surface area contributed by atoms with Crippen LogP contribution in [0.25, 0.3) is 33.7 Å². The Bertz CT molecular complexity index is 2390. The summed E-state index contributed by atoms with van der Waals surface area (Å²) < 4.78 is 3.77. The van der Waals surface area contributed by atoms with E-state index in [-0.39, 0.29) is 5.28 Å². The Morgan fingerprint density at radius 1 is 0.660 bits per heavy atom.